The van der Waals surface area contributed by atoms with Gasteiger partial charge in [0.2, 0.25) is 10.0 Å². The molecule has 0 spiro atoms. The van der Waals surface area contributed by atoms with Crippen LogP contribution >= 0.6 is 0 Å². The minimum atomic E-state index is -3.61. The van der Waals surface area contributed by atoms with Crippen molar-refractivity contribution < 1.29 is 12.9 Å². The van der Waals surface area contributed by atoms with Crippen molar-refractivity contribution in [1.29, 1.82) is 0 Å². The van der Waals surface area contributed by atoms with Gasteiger partial charge in [-0.25, -0.2) is 8.42 Å². The Morgan fingerprint density at radius 1 is 1.19 bits per heavy atom. The predicted molar refractivity (Wildman–Crippen MR) is 98.5 cm³/mol. The Morgan fingerprint density at radius 2 is 1.92 bits per heavy atom. The molecule has 0 aliphatic carbocycles. The first-order chi connectivity index (χ1) is 12.2. The molecular weight excluding hydrogens is 350 g/mol. The molecule has 0 saturated carbocycles. The van der Waals surface area contributed by atoms with E-state index < -0.39 is 10.0 Å². The van der Waals surface area contributed by atoms with Crippen LogP contribution in [-0.2, 0) is 15.4 Å². The summed E-state index contributed by atoms with van der Waals surface area (Å²) in [6.45, 7) is 10.5. The van der Waals surface area contributed by atoms with Gasteiger partial charge in [0.1, 0.15) is 10.6 Å². The first kappa shape index (κ1) is 17.7. The average molecular weight is 375 g/mol. The Labute approximate surface area is 154 Å². The molecule has 0 bridgehead atoms. The van der Waals surface area contributed by atoms with Crippen molar-refractivity contribution in [3.8, 4) is 0 Å². The molecule has 26 heavy (non-hydrogen) atoms. The van der Waals surface area contributed by atoms with E-state index in [4.69, 9.17) is 4.52 Å². The number of nitrogens with zero attached hydrogens (tertiary/aromatic N) is 3. The Hall–Kier alpha value is -1.70. The molecule has 0 radical (unpaired) electrons. The van der Waals surface area contributed by atoms with Gasteiger partial charge in [0.25, 0.3) is 0 Å². The average Bonchev–Trinajstić information content (AvgIpc) is 2.93. The highest BCUT2D eigenvalue weighted by atomic mass is 32.2. The van der Waals surface area contributed by atoms with Crippen molar-refractivity contribution in [2.24, 2.45) is 0 Å². The smallest absolute Gasteiger partial charge is 0.248 e. The number of hydrogen-bond acceptors (Lipinski definition) is 5. The van der Waals surface area contributed by atoms with E-state index in [0.29, 0.717) is 24.5 Å². The molecule has 2 aliphatic rings. The molecule has 4 rings (SSSR count). The second kappa shape index (κ2) is 5.90. The summed E-state index contributed by atoms with van der Waals surface area (Å²) >= 11 is 0. The van der Waals surface area contributed by atoms with Gasteiger partial charge < -0.3 is 4.52 Å². The van der Waals surface area contributed by atoms with E-state index >= 15 is 0 Å². The second-order valence-electron chi connectivity index (χ2n) is 7.97. The first-order valence-corrected chi connectivity index (χ1v) is 10.4. The van der Waals surface area contributed by atoms with Gasteiger partial charge in [-0.3, -0.25) is 4.90 Å². The minimum absolute atomic E-state index is 0.0653. The van der Waals surface area contributed by atoms with Crippen LogP contribution in [0.15, 0.2) is 33.7 Å². The molecule has 0 amide bonds. The van der Waals surface area contributed by atoms with E-state index in [9.17, 15) is 8.42 Å². The van der Waals surface area contributed by atoms with Crippen LogP contribution in [0.1, 0.15) is 42.5 Å². The number of aryl methyl sites for hydroxylation is 2. The lowest BCUT2D eigenvalue weighted by Crippen LogP contribution is -2.55. The fourth-order valence-electron chi connectivity index (χ4n) is 4.47. The summed E-state index contributed by atoms with van der Waals surface area (Å²) in [5, 5.41) is 3.82. The summed E-state index contributed by atoms with van der Waals surface area (Å²) in [5.41, 5.74) is 3.05. The highest BCUT2D eigenvalue weighted by Crippen LogP contribution is 2.41. The minimum Gasteiger partial charge on any atom is -0.360 e. The Bertz CT molecular complexity index is 929. The predicted octanol–water partition coefficient (Wildman–Crippen LogP) is 2.63. The number of rotatable bonds is 2. The van der Waals surface area contributed by atoms with Gasteiger partial charge in [-0.15, -0.1) is 0 Å². The molecule has 6 nitrogen and oxygen atoms in total. The molecule has 0 N–H and O–H groups in total. The fraction of sp³-hybridized carbons (Fsp3) is 0.526. The van der Waals surface area contributed by atoms with Crippen molar-refractivity contribution in [2.45, 2.75) is 44.0 Å². The van der Waals surface area contributed by atoms with E-state index in [0.717, 1.165) is 13.1 Å². The zero-order valence-corrected chi connectivity index (χ0v) is 16.5. The van der Waals surface area contributed by atoms with Gasteiger partial charge in [-0.2, -0.15) is 4.31 Å². The standard InChI is InChI=1S/C19H25N3O3S/c1-13-18(14(2)25-20-13)26(23,24)22-10-9-21-12-19(3,4)16-8-6-5-7-15(16)17(21)11-22/h5-8,17H,9-12H2,1-4H3. The van der Waals surface area contributed by atoms with Crippen molar-refractivity contribution in [3.05, 3.63) is 46.8 Å². The van der Waals surface area contributed by atoms with Gasteiger partial charge in [0, 0.05) is 37.6 Å². The van der Waals surface area contributed by atoms with E-state index in [-0.39, 0.29) is 16.4 Å². The summed E-state index contributed by atoms with van der Waals surface area (Å²) in [7, 11) is -3.61. The third-order valence-electron chi connectivity index (χ3n) is 5.67. The molecule has 1 aromatic heterocycles. The molecule has 1 fully saturated rings. The zero-order chi connectivity index (χ0) is 18.7. The maximum atomic E-state index is 13.2. The maximum absolute atomic E-state index is 13.2. The van der Waals surface area contributed by atoms with E-state index in [1.165, 1.54) is 11.1 Å². The first-order valence-electron chi connectivity index (χ1n) is 8.98. The molecule has 3 heterocycles. The topological polar surface area (TPSA) is 66.7 Å². The zero-order valence-electron chi connectivity index (χ0n) is 15.7. The number of sulfonamides is 1. The molecule has 7 heteroatoms. The summed E-state index contributed by atoms with van der Waals surface area (Å²) < 4.78 is 33.1. The molecule has 2 aromatic rings. The molecule has 1 saturated heterocycles. The van der Waals surface area contributed by atoms with Crippen LogP contribution in [0, 0.1) is 13.8 Å². The van der Waals surface area contributed by atoms with Crippen LogP contribution < -0.4 is 0 Å². The monoisotopic (exact) mass is 375 g/mol. The third-order valence-corrected chi connectivity index (χ3v) is 7.78. The quantitative estimate of drug-likeness (QED) is 0.807. The van der Waals surface area contributed by atoms with Crippen LogP contribution in [0.5, 0.6) is 0 Å². The molecule has 1 atom stereocenters. The Morgan fingerprint density at radius 3 is 2.62 bits per heavy atom. The number of benzene rings is 1. The van der Waals surface area contributed by atoms with Crippen LogP contribution in [0.25, 0.3) is 0 Å². The van der Waals surface area contributed by atoms with Crippen LogP contribution in [-0.4, -0.2) is 49.0 Å². The summed E-state index contributed by atoms with van der Waals surface area (Å²) in [6.07, 6.45) is 0. The highest BCUT2D eigenvalue weighted by Gasteiger charge is 2.43. The van der Waals surface area contributed by atoms with Gasteiger partial charge in [-0.05, 0) is 25.0 Å². The van der Waals surface area contributed by atoms with Crippen molar-refractivity contribution >= 4 is 10.0 Å². The number of aromatic nitrogens is 1. The van der Waals surface area contributed by atoms with Gasteiger partial charge in [0.15, 0.2) is 5.76 Å². The van der Waals surface area contributed by atoms with Crippen LogP contribution in [0.4, 0.5) is 0 Å². The van der Waals surface area contributed by atoms with Crippen LogP contribution in [0.2, 0.25) is 0 Å². The van der Waals surface area contributed by atoms with E-state index in [2.05, 4.69) is 42.1 Å². The van der Waals surface area contributed by atoms with Crippen molar-refractivity contribution in [3.63, 3.8) is 0 Å². The lowest BCUT2D eigenvalue weighted by Gasteiger charge is -2.49. The SMILES string of the molecule is Cc1noc(C)c1S(=O)(=O)N1CCN2CC(C)(C)c3ccccc3C2C1. The summed E-state index contributed by atoms with van der Waals surface area (Å²) in [6, 6.07) is 8.51. The molecular formula is C19H25N3O3S. The normalized spacial score (nSPS) is 23.5. The van der Waals surface area contributed by atoms with Gasteiger partial charge in [-0.1, -0.05) is 43.3 Å². The van der Waals surface area contributed by atoms with E-state index in [1.807, 2.05) is 6.07 Å². The summed E-state index contributed by atoms with van der Waals surface area (Å²) in [5.74, 6) is 0.357. The largest absolute Gasteiger partial charge is 0.360 e. The molecule has 1 aromatic carbocycles. The molecule has 2 aliphatic heterocycles. The number of fused-ring (bicyclic) bond motifs is 3. The number of hydrogen-bond donors (Lipinski definition) is 0. The second-order valence-corrected chi connectivity index (χ2v) is 9.85. The van der Waals surface area contributed by atoms with Gasteiger partial charge >= 0.3 is 0 Å². The lowest BCUT2D eigenvalue weighted by molar-refractivity contribution is 0.0807. The lowest BCUT2D eigenvalue weighted by atomic mass is 9.75. The van der Waals surface area contributed by atoms with Crippen LogP contribution in [0.3, 0.4) is 0 Å². The fourth-order valence-corrected chi connectivity index (χ4v) is 6.20. The van der Waals surface area contributed by atoms with Crippen molar-refractivity contribution in [2.75, 3.05) is 26.2 Å². The Balaban J connectivity index is 1.72. The highest BCUT2D eigenvalue weighted by molar-refractivity contribution is 7.89. The number of piperazine rings is 1. The molecule has 1 unspecified atom stereocenters. The van der Waals surface area contributed by atoms with Gasteiger partial charge in [0.05, 0.1) is 0 Å². The Kier molecular flexibility index (Phi) is 4.02. The van der Waals surface area contributed by atoms with Crippen molar-refractivity contribution in [1.82, 2.24) is 14.4 Å². The van der Waals surface area contributed by atoms with E-state index in [1.54, 1.807) is 18.2 Å². The maximum Gasteiger partial charge on any atom is 0.248 e. The molecule has 140 valence electrons. The third kappa shape index (κ3) is 2.61. The summed E-state index contributed by atoms with van der Waals surface area (Å²) in [4.78, 5) is 2.64.